The van der Waals surface area contributed by atoms with Crippen molar-refractivity contribution in [3.8, 4) is 5.75 Å². The summed E-state index contributed by atoms with van der Waals surface area (Å²) in [6.45, 7) is 3.51. The SMILES string of the molecule is COCCOCCOCCOCCOCCOCCOCCOCCNC(=O)CCCC1CSCC(C(=O)N2CCCC2C(=O)NC(CCCCN)C(=O)NCC(N)=O)NC(=O)C(CC(N)=O)NC(=O)C(CCC(N)=O)NC(=O)C(Cc2ccccc2)NC(=O)C(Cc2ccc(O)cc2)NC(=O)C(NC(=O)CNC(=O)CNC(=O)CN)CS1. The maximum absolute atomic E-state index is 15.3. The first-order valence-electron chi connectivity index (χ1n) is 39.1. The maximum Gasteiger partial charge on any atom is 0.246 e. The number of amides is 15. The number of benzene rings is 2. The zero-order valence-corrected chi connectivity index (χ0v) is 68.4. The highest BCUT2D eigenvalue weighted by atomic mass is 32.2. The molecule has 2 aliphatic rings. The molecule has 22 N–H and O–H groups in total. The number of likely N-dealkylation sites (tertiary alicyclic amines) is 1. The molecule has 0 bridgehead atoms. The smallest absolute Gasteiger partial charge is 0.246 e. The first-order chi connectivity index (χ1) is 56.8. The Bertz CT molecular complexity index is 3460. The largest absolute Gasteiger partial charge is 0.508 e. The molecule has 2 aromatic carbocycles. The van der Waals surface area contributed by atoms with Crippen molar-refractivity contribution >= 4 is 112 Å². The van der Waals surface area contributed by atoms with Crippen LogP contribution in [0.15, 0.2) is 54.6 Å². The summed E-state index contributed by atoms with van der Waals surface area (Å²) >= 11 is 2.17. The van der Waals surface area contributed by atoms with Crippen molar-refractivity contribution in [2.24, 2.45) is 28.7 Å². The molecule has 0 saturated carbocycles. The van der Waals surface area contributed by atoms with Gasteiger partial charge in [0.25, 0.3) is 0 Å². The summed E-state index contributed by atoms with van der Waals surface area (Å²) in [6.07, 6.45) is -1.09. The van der Waals surface area contributed by atoms with Gasteiger partial charge < -0.3 is 135 Å². The van der Waals surface area contributed by atoms with Gasteiger partial charge in [-0.3, -0.25) is 71.9 Å². The van der Waals surface area contributed by atoms with E-state index in [1.807, 2.05) is 0 Å². The zero-order valence-electron chi connectivity index (χ0n) is 66.7. The third-order valence-electron chi connectivity index (χ3n) is 17.7. The highest BCUT2D eigenvalue weighted by molar-refractivity contribution is 8.03. The lowest BCUT2D eigenvalue weighted by atomic mass is 10.0. The van der Waals surface area contributed by atoms with Gasteiger partial charge in [0, 0.05) is 68.4 Å². The van der Waals surface area contributed by atoms with Gasteiger partial charge in [0.1, 0.15) is 54.1 Å². The predicted octanol–water partition coefficient (Wildman–Crippen LogP) is -6.48. The van der Waals surface area contributed by atoms with Crippen LogP contribution in [-0.2, 0) is 123 Å². The number of methoxy groups -OCH3 is 1. The first kappa shape index (κ1) is 101. The molecule has 4 rings (SSSR count). The Hall–Kier alpha value is -9.41. The number of ether oxygens (including phenoxy) is 8. The standard InChI is InChI=1S/C75H119N17O24S2/c1-109-25-26-111-29-30-113-33-34-115-37-38-116-36-35-114-32-31-112-28-27-110-24-22-81-64(97)14-7-11-52-46-117-47-59(75(108)92-23-8-13-60(92)74(107)87-53(12-5-6-21-76)68(101)84-43-63(80)96)91-72(105)57(41-62(79)95)90-69(102)54(19-20-61(78)94)86-70(103)55(39-49-9-3-2-4-10-49)88-71(104)56(40-50-15-17-51(93)18-16-50)89-73(106)58(48-118-52)85-67(100)45-83-66(99)44-82-65(98)42-77/h2-4,9-10,15-18,52-60,93H,5-8,11-14,19-48,76-77H2,1H3,(H2,78,94)(H2,79,95)(H2,80,96)(H,81,97)(H,82,98)(H,83,99)(H,84,101)(H,85,100)(H,86,103)(H,87,107)(H,88,104)(H,89,106)(H,90,102)(H,91,105). The predicted molar refractivity (Wildman–Crippen MR) is 431 cm³/mol. The lowest BCUT2D eigenvalue weighted by molar-refractivity contribution is -0.142. The van der Waals surface area contributed by atoms with Crippen LogP contribution in [0.4, 0.5) is 0 Å². The number of nitrogens with one attached hydrogen (secondary N) is 11. The van der Waals surface area contributed by atoms with Crippen LogP contribution >= 0.6 is 23.5 Å². The molecule has 15 amide bonds. The topological polar surface area (TPSA) is 616 Å². The molecule has 2 aliphatic heterocycles. The van der Waals surface area contributed by atoms with Gasteiger partial charge in [-0.15, -0.1) is 0 Å². The lowest BCUT2D eigenvalue weighted by Gasteiger charge is -2.31. The van der Waals surface area contributed by atoms with E-state index in [1.165, 1.54) is 29.2 Å². The molecule has 0 spiro atoms. The molecule has 2 fully saturated rings. The minimum Gasteiger partial charge on any atom is -0.508 e. The molecular weight excluding hydrogens is 1590 g/mol. The second-order valence-electron chi connectivity index (χ2n) is 27.2. The maximum atomic E-state index is 15.3. The van der Waals surface area contributed by atoms with Crippen molar-refractivity contribution in [3.05, 3.63) is 65.7 Å². The molecule has 9 unspecified atom stereocenters. The van der Waals surface area contributed by atoms with E-state index in [1.54, 1.807) is 37.4 Å². The lowest BCUT2D eigenvalue weighted by Crippen LogP contribution is -2.61. The number of carbonyl (C=O) groups excluding carboxylic acids is 15. The summed E-state index contributed by atoms with van der Waals surface area (Å²) < 4.78 is 43.5. The number of rotatable bonds is 53. The quantitative estimate of drug-likeness (QED) is 0.0274. The molecule has 9 atom stereocenters. The summed E-state index contributed by atoms with van der Waals surface area (Å²) in [6, 6.07) is 1.17. The van der Waals surface area contributed by atoms with E-state index < -0.39 is 182 Å². The van der Waals surface area contributed by atoms with E-state index in [0.717, 1.165) is 23.5 Å². The minimum atomic E-state index is -1.91. The highest BCUT2D eigenvalue weighted by Gasteiger charge is 2.41. The summed E-state index contributed by atoms with van der Waals surface area (Å²) in [5.74, 6) is -14.2. The summed E-state index contributed by atoms with van der Waals surface area (Å²) in [4.78, 5) is 208. The molecule has 2 aromatic rings. The number of unbranched alkanes of at least 4 members (excludes halogenated alkanes) is 1. The fourth-order valence-corrected chi connectivity index (χ4v) is 14.3. The van der Waals surface area contributed by atoms with Crippen molar-refractivity contribution < 1.29 is 115 Å². The number of phenolic OH excluding ortho intramolecular Hbond substituents is 1. The van der Waals surface area contributed by atoms with Gasteiger partial charge in [-0.1, -0.05) is 42.5 Å². The molecule has 0 aliphatic carbocycles. The van der Waals surface area contributed by atoms with Crippen LogP contribution < -0.4 is 87.2 Å². The molecule has 43 heteroatoms. The Morgan fingerprint density at radius 3 is 1.63 bits per heavy atom. The average Bonchev–Trinajstić information content (AvgIpc) is 1.64. The summed E-state index contributed by atoms with van der Waals surface area (Å²) in [5.41, 5.74) is 28.5. The molecule has 0 radical (unpaired) electrons. The van der Waals surface area contributed by atoms with Crippen LogP contribution in [0.5, 0.6) is 5.75 Å². The Kier molecular flexibility index (Phi) is 51.4. The normalized spacial score (nSPS) is 19.4. The number of hydrogen-bond acceptors (Lipinski definition) is 28. The second-order valence-corrected chi connectivity index (χ2v) is 29.6. The van der Waals surface area contributed by atoms with E-state index >= 15 is 14.4 Å². The summed E-state index contributed by atoms with van der Waals surface area (Å²) in [5, 5.41) is 37.7. The van der Waals surface area contributed by atoms with Crippen molar-refractivity contribution in [1.29, 1.82) is 0 Å². The van der Waals surface area contributed by atoms with E-state index in [0.29, 0.717) is 103 Å². The van der Waals surface area contributed by atoms with Gasteiger partial charge >= 0.3 is 0 Å². The van der Waals surface area contributed by atoms with Gasteiger partial charge in [0.05, 0.1) is 132 Å². The van der Waals surface area contributed by atoms with E-state index in [2.05, 4.69) is 58.5 Å². The minimum absolute atomic E-state index is 0.0306. The van der Waals surface area contributed by atoms with Crippen LogP contribution in [0, 0.1) is 0 Å². The van der Waals surface area contributed by atoms with Crippen molar-refractivity contribution in [3.63, 3.8) is 0 Å². The summed E-state index contributed by atoms with van der Waals surface area (Å²) in [7, 11) is 1.61. The number of carbonyl (C=O) groups is 15. The van der Waals surface area contributed by atoms with Gasteiger partial charge in [0.2, 0.25) is 88.6 Å². The van der Waals surface area contributed by atoms with Crippen LogP contribution in [-0.4, -0.2) is 321 Å². The third-order valence-corrected chi connectivity index (χ3v) is 20.5. The molecule has 41 nitrogen and oxygen atoms in total. The van der Waals surface area contributed by atoms with Gasteiger partial charge in [-0.05, 0) is 81.2 Å². The monoisotopic (exact) mass is 1710 g/mol. The van der Waals surface area contributed by atoms with Gasteiger partial charge in [-0.2, -0.15) is 23.5 Å². The number of aromatic hydroxyl groups is 1. The van der Waals surface area contributed by atoms with Crippen LogP contribution in [0.1, 0.15) is 81.8 Å². The number of nitrogens with two attached hydrogens (primary N) is 5. The van der Waals surface area contributed by atoms with Crippen molar-refractivity contribution in [2.75, 3.05) is 169 Å². The Balaban J connectivity index is 1.69. The molecular formula is C75H119N17O24S2. The zero-order chi connectivity index (χ0) is 86.2. The Labute approximate surface area is 693 Å². The third kappa shape index (κ3) is 43.9. The van der Waals surface area contributed by atoms with E-state index in [4.69, 9.17) is 66.6 Å². The van der Waals surface area contributed by atoms with E-state index in [9.17, 15) is 62.6 Å². The number of phenols is 1. The van der Waals surface area contributed by atoms with Crippen LogP contribution in [0.2, 0.25) is 0 Å². The Morgan fingerprint density at radius 2 is 1.06 bits per heavy atom. The van der Waals surface area contributed by atoms with E-state index in [-0.39, 0.29) is 120 Å². The van der Waals surface area contributed by atoms with Crippen LogP contribution in [0.3, 0.4) is 0 Å². The number of thioether (sulfide) groups is 2. The van der Waals surface area contributed by atoms with Crippen molar-refractivity contribution in [2.45, 2.75) is 137 Å². The van der Waals surface area contributed by atoms with Gasteiger partial charge in [-0.25, -0.2) is 0 Å². The second kappa shape index (κ2) is 60.1. The highest BCUT2D eigenvalue weighted by Crippen LogP contribution is 2.26. The van der Waals surface area contributed by atoms with Gasteiger partial charge in [0.15, 0.2) is 0 Å². The number of hydrogen-bond donors (Lipinski definition) is 17. The molecule has 118 heavy (non-hydrogen) atoms. The van der Waals surface area contributed by atoms with Crippen molar-refractivity contribution in [1.82, 2.24) is 63.4 Å². The fourth-order valence-electron chi connectivity index (χ4n) is 11.6. The Morgan fingerprint density at radius 1 is 0.525 bits per heavy atom. The average molecular weight is 1710 g/mol. The molecule has 2 saturated heterocycles. The molecule has 0 aromatic heterocycles. The number of nitrogens with zero attached hydrogens (tertiary/aromatic N) is 1. The fraction of sp³-hybridized carbons (Fsp3) is 0.640. The number of primary amides is 3. The molecule has 660 valence electrons. The molecule has 2 heterocycles. The first-order valence-corrected chi connectivity index (χ1v) is 41.3. The van der Waals surface area contributed by atoms with Crippen LogP contribution in [0.25, 0.3) is 0 Å².